The number of carbonyl (C=O) groups excluding carboxylic acids is 2. The van der Waals surface area contributed by atoms with E-state index in [2.05, 4.69) is 5.32 Å². The number of nitrogens with zero attached hydrogens (tertiary/aromatic N) is 1. The van der Waals surface area contributed by atoms with E-state index >= 15 is 0 Å². The van der Waals surface area contributed by atoms with Gasteiger partial charge < -0.3 is 15.0 Å². The summed E-state index contributed by atoms with van der Waals surface area (Å²) >= 11 is 0. The van der Waals surface area contributed by atoms with Gasteiger partial charge in [-0.25, -0.2) is 4.79 Å². The van der Waals surface area contributed by atoms with E-state index in [9.17, 15) is 9.59 Å². The second kappa shape index (κ2) is 7.82. The zero-order valence-corrected chi connectivity index (χ0v) is 16.1. The summed E-state index contributed by atoms with van der Waals surface area (Å²) in [6, 6.07) is 17.1. The zero-order valence-electron chi connectivity index (χ0n) is 16.1. The number of ether oxygens (including phenoxy) is 1. The molecule has 142 valence electrons. The summed E-state index contributed by atoms with van der Waals surface area (Å²) < 4.78 is 5.36. The van der Waals surface area contributed by atoms with Crippen molar-refractivity contribution in [1.29, 1.82) is 0 Å². The monoisotopic (exact) mass is 366 g/mol. The van der Waals surface area contributed by atoms with Crippen molar-refractivity contribution in [2.45, 2.75) is 51.9 Å². The van der Waals surface area contributed by atoms with Gasteiger partial charge in [-0.1, -0.05) is 54.6 Å². The number of nitrogens with one attached hydrogen (secondary N) is 1. The Balaban J connectivity index is 1.74. The van der Waals surface area contributed by atoms with Gasteiger partial charge in [0.05, 0.1) is 0 Å². The summed E-state index contributed by atoms with van der Waals surface area (Å²) in [5.41, 5.74) is 2.68. The maximum atomic E-state index is 13.2. The van der Waals surface area contributed by atoms with Gasteiger partial charge in [0.15, 0.2) is 0 Å². The molecule has 0 spiro atoms. The van der Waals surface area contributed by atoms with E-state index in [4.69, 9.17) is 4.74 Å². The highest BCUT2D eigenvalue weighted by Crippen LogP contribution is 2.23. The van der Waals surface area contributed by atoms with Crippen LogP contribution < -0.4 is 5.32 Å². The highest BCUT2D eigenvalue weighted by atomic mass is 16.6. The summed E-state index contributed by atoms with van der Waals surface area (Å²) in [5.74, 6) is -0.0964. The number of benzene rings is 2. The first-order valence-electron chi connectivity index (χ1n) is 9.21. The minimum atomic E-state index is -0.670. The van der Waals surface area contributed by atoms with Crippen molar-refractivity contribution in [3.63, 3.8) is 0 Å². The van der Waals surface area contributed by atoms with E-state index in [1.165, 1.54) is 0 Å². The molecule has 0 fully saturated rings. The fourth-order valence-electron chi connectivity index (χ4n) is 3.21. The first-order valence-corrected chi connectivity index (χ1v) is 9.21. The lowest BCUT2D eigenvalue weighted by Crippen LogP contribution is -2.49. The van der Waals surface area contributed by atoms with Crippen molar-refractivity contribution in [3.05, 3.63) is 71.3 Å². The van der Waals surface area contributed by atoms with Gasteiger partial charge in [0.25, 0.3) is 0 Å². The molecule has 1 heterocycles. The molecular formula is C22H26N2O3. The molecule has 2 aromatic rings. The molecule has 3 rings (SSSR count). The molecule has 0 radical (unpaired) electrons. The summed E-state index contributed by atoms with van der Waals surface area (Å²) in [6.07, 6.45) is -0.153. The predicted octanol–water partition coefficient (Wildman–Crippen LogP) is 3.66. The zero-order chi connectivity index (χ0) is 19.4. The van der Waals surface area contributed by atoms with Gasteiger partial charge in [0, 0.05) is 19.5 Å². The first-order chi connectivity index (χ1) is 12.8. The van der Waals surface area contributed by atoms with Crippen molar-refractivity contribution in [3.8, 4) is 0 Å². The van der Waals surface area contributed by atoms with Crippen LogP contribution in [0.1, 0.15) is 37.5 Å². The van der Waals surface area contributed by atoms with E-state index in [0.717, 1.165) is 16.7 Å². The lowest BCUT2D eigenvalue weighted by molar-refractivity contribution is -0.134. The predicted molar refractivity (Wildman–Crippen MR) is 104 cm³/mol. The van der Waals surface area contributed by atoms with Crippen LogP contribution in [-0.2, 0) is 29.0 Å². The molecule has 1 N–H and O–H groups in total. The maximum Gasteiger partial charge on any atom is 0.408 e. The smallest absolute Gasteiger partial charge is 0.408 e. The molecule has 0 saturated heterocycles. The second-order valence-corrected chi connectivity index (χ2v) is 7.85. The van der Waals surface area contributed by atoms with Crippen molar-refractivity contribution >= 4 is 12.0 Å². The molecule has 0 aliphatic carbocycles. The number of rotatable bonds is 4. The van der Waals surface area contributed by atoms with Gasteiger partial charge in [0.2, 0.25) is 5.91 Å². The van der Waals surface area contributed by atoms with Gasteiger partial charge in [-0.15, -0.1) is 0 Å². The molecule has 5 nitrogen and oxygen atoms in total. The largest absolute Gasteiger partial charge is 0.444 e. The summed E-state index contributed by atoms with van der Waals surface area (Å²) in [5, 5.41) is 2.77. The standard InChI is InChI=1S/C22H26N2O3/c1-22(2,3)27-21(26)23-19(13-16-9-5-4-6-10-16)20(25)24-14-17-11-7-8-12-18(17)15-24/h4-12,19H,13-15H2,1-3H3,(H,23,26). The van der Waals surface area contributed by atoms with Crippen LogP contribution in [0.25, 0.3) is 0 Å². The summed E-state index contributed by atoms with van der Waals surface area (Å²) in [7, 11) is 0. The van der Waals surface area contributed by atoms with Crippen LogP contribution in [0.4, 0.5) is 4.79 Å². The van der Waals surface area contributed by atoms with Gasteiger partial charge >= 0.3 is 6.09 Å². The quantitative estimate of drug-likeness (QED) is 0.898. The molecule has 1 atom stereocenters. The lowest BCUT2D eigenvalue weighted by Gasteiger charge is -2.26. The third-order valence-corrected chi connectivity index (χ3v) is 4.42. The minimum Gasteiger partial charge on any atom is -0.444 e. The molecule has 1 aliphatic heterocycles. The number of alkyl carbamates (subject to hydrolysis) is 1. The van der Waals surface area contributed by atoms with Crippen LogP contribution in [0.5, 0.6) is 0 Å². The molecule has 2 amide bonds. The molecular weight excluding hydrogens is 340 g/mol. The van der Waals surface area contributed by atoms with Crippen LogP contribution >= 0.6 is 0 Å². The third kappa shape index (κ3) is 5.09. The fourth-order valence-corrected chi connectivity index (χ4v) is 3.21. The Morgan fingerprint density at radius 3 is 2.11 bits per heavy atom. The third-order valence-electron chi connectivity index (χ3n) is 4.42. The Labute approximate surface area is 160 Å². The molecule has 2 aromatic carbocycles. The average molecular weight is 366 g/mol. The molecule has 1 unspecified atom stereocenters. The van der Waals surface area contributed by atoms with Crippen LogP contribution in [0, 0.1) is 0 Å². The van der Waals surface area contributed by atoms with Crippen LogP contribution in [-0.4, -0.2) is 28.5 Å². The van der Waals surface area contributed by atoms with Gasteiger partial charge in [-0.2, -0.15) is 0 Å². The van der Waals surface area contributed by atoms with E-state index in [0.29, 0.717) is 19.5 Å². The van der Waals surface area contributed by atoms with Crippen molar-refractivity contribution in [2.75, 3.05) is 0 Å². The van der Waals surface area contributed by atoms with Crippen LogP contribution in [0.2, 0.25) is 0 Å². The van der Waals surface area contributed by atoms with Gasteiger partial charge in [-0.05, 0) is 37.5 Å². The Hall–Kier alpha value is -2.82. The Morgan fingerprint density at radius 1 is 1.00 bits per heavy atom. The van der Waals surface area contributed by atoms with E-state index in [1.807, 2.05) is 54.6 Å². The highest BCUT2D eigenvalue weighted by Gasteiger charge is 2.31. The van der Waals surface area contributed by atoms with E-state index in [-0.39, 0.29) is 5.91 Å². The Kier molecular flexibility index (Phi) is 5.49. The minimum absolute atomic E-state index is 0.0964. The van der Waals surface area contributed by atoms with Crippen molar-refractivity contribution in [2.24, 2.45) is 0 Å². The van der Waals surface area contributed by atoms with Crippen LogP contribution in [0.3, 0.4) is 0 Å². The normalized spacial score (nSPS) is 14.4. The van der Waals surface area contributed by atoms with Crippen molar-refractivity contribution < 1.29 is 14.3 Å². The number of amides is 2. The molecule has 1 aliphatic rings. The Bertz CT molecular complexity index is 787. The molecule has 27 heavy (non-hydrogen) atoms. The summed E-state index contributed by atoms with van der Waals surface area (Å²) in [6.45, 7) is 6.54. The van der Waals surface area contributed by atoms with Gasteiger partial charge in [0.1, 0.15) is 11.6 Å². The van der Waals surface area contributed by atoms with Crippen molar-refractivity contribution in [1.82, 2.24) is 10.2 Å². The first kappa shape index (κ1) is 19.0. The summed E-state index contributed by atoms with van der Waals surface area (Å²) in [4.78, 5) is 27.3. The number of fused-ring (bicyclic) bond motifs is 1. The molecule has 5 heteroatoms. The number of hydrogen-bond donors (Lipinski definition) is 1. The topological polar surface area (TPSA) is 58.6 Å². The molecule has 0 saturated carbocycles. The average Bonchev–Trinajstić information content (AvgIpc) is 3.04. The van der Waals surface area contributed by atoms with E-state index < -0.39 is 17.7 Å². The van der Waals surface area contributed by atoms with E-state index in [1.54, 1.807) is 25.7 Å². The van der Waals surface area contributed by atoms with Gasteiger partial charge in [-0.3, -0.25) is 4.79 Å². The van der Waals surface area contributed by atoms with Crippen LogP contribution in [0.15, 0.2) is 54.6 Å². The number of hydrogen-bond acceptors (Lipinski definition) is 3. The number of carbonyl (C=O) groups is 2. The second-order valence-electron chi connectivity index (χ2n) is 7.85. The Morgan fingerprint density at radius 2 is 1.56 bits per heavy atom. The highest BCUT2D eigenvalue weighted by molar-refractivity contribution is 5.86. The fraction of sp³-hybridized carbons (Fsp3) is 0.364. The molecule has 0 aromatic heterocycles. The molecule has 0 bridgehead atoms. The maximum absolute atomic E-state index is 13.2. The SMILES string of the molecule is CC(C)(C)OC(=O)NC(Cc1ccccc1)C(=O)N1Cc2ccccc2C1. The lowest BCUT2D eigenvalue weighted by atomic mass is 10.0.